The molecule has 3 aromatic heterocycles. The Kier molecular flexibility index (Phi) is 7.21. The van der Waals surface area contributed by atoms with E-state index in [2.05, 4.69) is 20.3 Å². The summed E-state index contributed by atoms with van der Waals surface area (Å²) in [5, 5.41) is 9.89. The van der Waals surface area contributed by atoms with Gasteiger partial charge in [-0.1, -0.05) is 40.2 Å². The fourth-order valence-electron chi connectivity index (χ4n) is 3.78. The van der Waals surface area contributed by atoms with Gasteiger partial charge in [0.15, 0.2) is 16.6 Å². The zero-order valence-corrected chi connectivity index (χ0v) is 21.1. The maximum absolute atomic E-state index is 13.5. The highest BCUT2D eigenvalue weighted by Gasteiger charge is 2.30. The Labute approximate surface area is 220 Å². The van der Waals surface area contributed by atoms with Gasteiger partial charge in [0.05, 0.1) is 17.6 Å². The molecule has 0 radical (unpaired) electrons. The van der Waals surface area contributed by atoms with E-state index in [-0.39, 0.29) is 23.3 Å². The Morgan fingerprint density at radius 2 is 1.61 bits per heavy atom. The Morgan fingerprint density at radius 3 is 2.25 bits per heavy atom. The Bertz CT molecular complexity index is 1350. The van der Waals surface area contributed by atoms with Gasteiger partial charge in [0, 0.05) is 54.4 Å². The van der Waals surface area contributed by atoms with Gasteiger partial charge in [-0.25, -0.2) is 14.6 Å². The number of piperazine rings is 1. The second-order valence-corrected chi connectivity index (χ2v) is 9.62. The number of hydrogen-bond acceptors (Lipinski definition) is 8. The number of benzene rings is 1. The molecule has 1 fully saturated rings. The summed E-state index contributed by atoms with van der Waals surface area (Å²) in [5.41, 5.74) is 1.35. The van der Waals surface area contributed by atoms with Crippen molar-refractivity contribution >= 4 is 46.8 Å². The molecular weight excluding hydrogens is 525 g/mol. The zero-order chi connectivity index (χ0) is 25.1. The molecule has 0 N–H and O–H groups in total. The number of aromatic nitrogens is 5. The van der Waals surface area contributed by atoms with E-state index in [1.165, 1.54) is 18.0 Å². The van der Waals surface area contributed by atoms with Gasteiger partial charge in [-0.15, -0.1) is 5.10 Å². The van der Waals surface area contributed by atoms with E-state index in [1.807, 2.05) is 0 Å². The number of nitrogens with zero attached hydrogens (tertiary/aromatic N) is 7. The fourth-order valence-corrected chi connectivity index (χ4v) is 5.09. The Morgan fingerprint density at radius 1 is 0.944 bits per heavy atom. The van der Waals surface area contributed by atoms with Crippen LogP contribution in [-0.4, -0.2) is 72.8 Å². The molecular formula is C23H19Cl2N7O3S. The number of amides is 2. The lowest BCUT2D eigenvalue weighted by atomic mass is 10.2. The van der Waals surface area contributed by atoms with E-state index in [9.17, 15) is 9.59 Å². The van der Waals surface area contributed by atoms with Crippen LogP contribution >= 0.6 is 35.0 Å². The molecule has 0 unspecified atom stereocenters. The molecule has 5 rings (SSSR count). The van der Waals surface area contributed by atoms with E-state index in [1.54, 1.807) is 63.3 Å². The minimum Gasteiger partial charge on any atom is -0.459 e. The third kappa shape index (κ3) is 5.23. The van der Waals surface area contributed by atoms with Gasteiger partial charge in [0.1, 0.15) is 0 Å². The van der Waals surface area contributed by atoms with Crippen LogP contribution in [0.25, 0.3) is 5.69 Å². The van der Waals surface area contributed by atoms with Gasteiger partial charge in [-0.3, -0.25) is 9.59 Å². The van der Waals surface area contributed by atoms with Crippen molar-refractivity contribution in [3.05, 3.63) is 82.2 Å². The number of hydrogen-bond donors (Lipinski definition) is 0. The monoisotopic (exact) mass is 543 g/mol. The summed E-state index contributed by atoms with van der Waals surface area (Å²) < 4.78 is 6.76. The average Bonchev–Trinajstić information content (AvgIpc) is 3.57. The average molecular weight is 544 g/mol. The number of carbonyl (C=O) groups is 2. The predicted molar refractivity (Wildman–Crippen MR) is 133 cm³/mol. The minimum atomic E-state index is -0.274. The van der Waals surface area contributed by atoms with Crippen LogP contribution < -0.4 is 0 Å². The van der Waals surface area contributed by atoms with Gasteiger partial charge in [-0.2, -0.15) is 0 Å². The third-order valence-corrected chi connectivity index (χ3v) is 6.85. The maximum Gasteiger partial charge on any atom is 0.289 e. The van der Waals surface area contributed by atoms with Crippen LogP contribution in [0.2, 0.25) is 10.0 Å². The van der Waals surface area contributed by atoms with Crippen molar-refractivity contribution in [2.75, 3.05) is 26.2 Å². The first-order valence-corrected chi connectivity index (χ1v) is 12.7. The number of furan rings is 1. The molecule has 0 atom stereocenters. The molecule has 1 aromatic carbocycles. The van der Waals surface area contributed by atoms with E-state index >= 15 is 0 Å². The van der Waals surface area contributed by atoms with Gasteiger partial charge >= 0.3 is 0 Å². The first kappa shape index (κ1) is 24.3. The highest BCUT2D eigenvalue weighted by molar-refractivity contribution is 7.98. The van der Waals surface area contributed by atoms with Crippen molar-refractivity contribution in [2.24, 2.45) is 0 Å². The lowest BCUT2D eigenvalue weighted by Crippen LogP contribution is -2.50. The molecule has 13 heteroatoms. The van der Waals surface area contributed by atoms with E-state index < -0.39 is 0 Å². The highest BCUT2D eigenvalue weighted by atomic mass is 35.5. The lowest BCUT2D eigenvalue weighted by Gasteiger charge is -2.34. The first-order valence-electron chi connectivity index (χ1n) is 10.9. The van der Waals surface area contributed by atoms with Crippen LogP contribution in [0, 0.1) is 0 Å². The van der Waals surface area contributed by atoms with Gasteiger partial charge in [-0.05, 0) is 36.4 Å². The molecule has 4 heterocycles. The minimum absolute atomic E-state index is 0.198. The number of carbonyl (C=O) groups excluding carboxylic acids is 2. The molecule has 0 saturated carbocycles. The number of rotatable bonds is 6. The van der Waals surface area contributed by atoms with Crippen molar-refractivity contribution in [3.8, 4) is 5.69 Å². The summed E-state index contributed by atoms with van der Waals surface area (Å²) in [7, 11) is 0. The van der Waals surface area contributed by atoms with Crippen LogP contribution in [0.4, 0.5) is 0 Å². The van der Waals surface area contributed by atoms with Crippen molar-refractivity contribution in [1.29, 1.82) is 0 Å². The molecule has 2 amide bonds. The van der Waals surface area contributed by atoms with Gasteiger partial charge < -0.3 is 14.2 Å². The predicted octanol–water partition coefficient (Wildman–Crippen LogP) is 3.85. The van der Waals surface area contributed by atoms with Crippen LogP contribution in [0.5, 0.6) is 0 Å². The molecule has 1 aliphatic rings. The maximum atomic E-state index is 13.5. The largest absolute Gasteiger partial charge is 0.459 e. The summed E-state index contributed by atoms with van der Waals surface area (Å²) in [6, 6.07) is 10.0. The van der Waals surface area contributed by atoms with Crippen LogP contribution in [0.1, 0.15) is 26.7 Å². The van der Waals surface area contributed by atoms with Crippen LogP contribution in [-0.2, 0) is 5.75 Å². The third-order valence-electron chi connectivity index (χ3n) is 5.52. The second kappa shape index (κ2) is 10.7. The number of thioether (sulfide) groups is 1. The lowest BCUT2D eigenvalue weighted by molar-refractivity contribution is 0.0514. The molecule has 10 nitrogen and oxygen atoms in total. The normalized spacial score (nSPS) is 13.7. The van der Waals surface area contributed by atoms with Crippen LogP contribution in [0.3, 0.4) is 0 Å². The molecule has 0 bridgehead atoms. The molecule has 1 aliphatic heterocycles. The smallest absolute Gasteiger partial charge is 0.289 e. The molecule has 36 heavy (non-hydrogen) atoms. The van der Waals surface area contributed by atoms with Crippen LogP contribution in [0.15, 0.2) is 64.6 Å². The standard InChI is InChI=1S/C23H19Cl2N7O3S/c24-15-11-16(25)13-17(12-15)32-18(14-36-23-26-4-2-5-27-23)20(28-29-32)22(34)31-8-6-30(7-9-31)21(33)19-3-1-10-35-19/h1-5,10-13H,6-9,14H2. The van der Waals surface area contributed by atoms with Crippen molar-refractivity contribution in [1.82, 2.24) is 34.8 Å². The molecule has 1 saturated heterocycles. The van der Waals surface area contributed by atoms with Crippen molar-refractivity contribution < 1.29 is 14.0 Å². The van der Waals surface area contributed by atoms with Crippen molar-refractivity contribution in [2.45, 2.75) is 10.9 Å². The molecule has 0 spiro atoms. The second-order valence-electron chi connectivity index (χ2n) is 7.81. The number of halogens is 2. The topological polar surface area (TPSA) is 110 Å². The molecule has 184 valence electrons. The zero-order valence-electron chi connectivity index (χ0n) is 18.8. The van der Waals surface area contributed by atoms with Crippen molar-refractivity contribution in [3.63, 3.8) is 0 Å². The quantitative estimate of drug-likeness (QED) is 0.266. The summed E-state index contributed by atoms with van der Waals surface area (Å²) >= 11 is 13.8. The van der Waals surface area contributed by atoms with E-state index in [4.69, 9.17) is 27.6 Å². The van der Waals surface area contributed by atoms with Gasteiger partial charge in [0.2, 0.25) is 0 Å². The van der Waals surface area contributed by atoms with E-state index in [0.29, 0.717) is 58.5 Å². The molecule has 0 aliphatic carbocycles. The highest BCUT2D eigenvalue weighted by Crippen LogP contribution is 2.27. The first-order chi connectivity index (χ1) is 17.5. The summed E-state index contributed by atoms with van der Waals surface area (Å²) in [5.74, 6) is 0.138. The fraction of sp³-hybridized carbons (Fsp3) is 0.217. The summed E-state index contributed by atoms with van der Waals surface area (Å²) in [6.07, 6.45) is 4.76. The van der Waals surface area contributed by atoms with Gasteiger partial charge in [0.25, 0.3) is 11.8 Å². The van der Waals surface area contributed by atoms with E-state index in [0.717, 1.165) is 0 Å². The summed E-state index contributed by atoms with van der Waals surface area (Å²) in [6.45, 7) is 1.47. The Hall–Kier alpha value is -3.41. The summed E-state index contributed by atoms with van der Waals surface area (Å²) in [4.78, 5) is 37.9. The molecule has 4 aromatic rings. The SMILES string of the molecule is O=C(c1ccco1)N1CCN(C(=O)c2nnn(-c3cc(Cl)cc(Cl)c3)c2CSc2ncccn2)CC1. The Balaban J connectivity index is 1.38.